The van der Waals surface area contributed by atoms with E-state index in [1.807, 2.05) is 0 Å². The van der Waals surface area contributed by atoms with Gasteiger partial charge < -0.3 is 4.74 Å². The van der Waals surface area contributed by atoms with Crippen LogP contribution in [0.5, 0.6) is 0 Å². The quantitative estimate of drug-likeness (QED) is 0.564. The van der Waals surface area contributed by atoms with Crippen molar-refractivity contribution in [3.05, 3.63) is 0 Å². The van der Waals surface area contributed by atoms with Gasteiger partial charge in [0.15, 0.2) is 0 Å². The van der Waals surface area contributed by atoms with E-state index in [9.17, 15) is 0 Å². The molecule has 1 aliphatic carbocycles. The topological polar surface area (TPSA) is 9.23 Å². The second kappa shape index (κ2) is 5.36. The van der Waals surface area contributed by atoms with Crippen LogP contribution in [0.1, 0.15) is 32.6 Å². The largest absolute Gasteiger partial charge is 0.379 e. The molecule has 11 heavy (non-hydrogen) atoms. The lowest BCUT2D eigenvalue weighted by Crippen LogP contribution is -2.22. The molecule has 0 atom stereocenters. The number of hydrogen-bond donors (Lipinski definition) is 0. The SMILES string of the molecule is CCOC1CCC(CI)CC1. The van der Waals surface area contributed by atoms with Crippen molar-refractivity contribution < 1.29 is 4.74 Å². The van der Waals surface area contributed by atoms with Crippen molar-refractivity contribution in [1.29, 1.82) is 0 Å². The number of hydrogen-bond acceptors (Lipinski definition) is 1. The van der Waals surface area contributed by atoms with Crippen molar-refractivity contribution in [2.75, 3.05) is 11.0 Å². The average molecular weight is 268 g/mol. The monoisotopic (exact) mass is 268 g/mol. The summed E-state index contributed by atoms with van der Waals surface area (Å²) in [5, 5.41) is 0. The number of alkyl halides is 1. The summed E-state index contributed by atoms with van der Waals surface area (Å²) in [5.74, 6) is 0.979. The highest BCUT2D eigenvalue weighted by molar-refractivity contribution is 14.1. The van der Waals surface area contributed by atoms with Crippen LogP contribution in [-0.4, -0.2) is 17.1 Å². The Labute approximate surface area is 83.0 Å². The molecule has 0 unspecified atom stereocenters. The molecule has 1 nitrogen and oxygen atoms in total. The van der Waals surface area contributed by atoms with Crippen molar-refractivity contribution in [2.45, 2.75) is 38.7 Å². The fourth-order valence-electron chi connectivity index (χ4n) is 1.69. The van der Waals surface area contributed by atoms with E-state index in [1.165, 1.54) is 30.1 Å². The van der Waals surface area contributed by atoms with Crippen LogP contribution in [0.3, 0.4) is 0 Å². The fraction of sp³-hybridized carbons (Fsp3) is 1.00. The molecule has 0 bridgehead atoms. The Morgan fingerprint density at radius 3 is 2.36 bits per heavy atom. The van der Waals surface area contributed by atoms with Gasteiger partial charge in [-0.25, -0.2) is 0 Å². The second-order valence-electron chi connectivity index (χ2n) is 3.25. The van der Waals surface area contributed by atoms with Crippen molar-refractivity contribution in [2.24, 2.45) is 5.92 Å². The highest BCUT2D eigenvalue weighted by Crippen LogP contribution is 2.27. The normalized spacial score (nSPS) is 32.2. The first-order valence-corrected chi connectivity index (χ1v) is 6.07. The van der Waals surface area contributed by atoms with Gasteiger partial charge in [0.25, 0.3) is 0 Å². The number of halogens is 1. The van der Waals surface area contributed by atoms with Crippen LogP contribution in [0.4, 0.5) is 0 Å². The highest BCUT2D eigenvalue weighted by atomic mass is 127. The molecule has 1 fully saturated rings. The molecule has 1 saturated carbocycles. The van der Waals surface area contributed by atoms with Crippen LogP contribution in [0, 0.1) is 5.92 Å². The van der Waals surface area contributed by atoms with Gasteiger partial charge in [-0.3, -0.25) is 0 Å². The molecule has 0 amide bonds. The van der Waals surface area contributed by atoms with Crippen LogP contribution < -0.4 is 0 Å². The lowest BCUT2D eigenvalue weighted by Gasteiger charge is -2.26. The molecule has 1 aliphatic rings. The number of ether oxygens (including phenoxy) is 1. The molecular weight excluding hydrogens is 251 g/mol. The standard InChI is InChI=1S/C9H17IO/c1-2-11-9-5-3-8(7-10)4-6-9/h8-9H,2-7H2,1H3. The van der Waals surface area contributed by atoms with Gasteiger partial charge in [0.1, 0.15) is 0 Å². The van der Waals surface area contributed by atoms with Crippen molar-refractivity contribution in [3.8, 4) is 0 Å². The molecule has 0 spiro atoms. The van der Waals surface area contributed by atoms with Gasteiger partial charge in [-0.05, 0) is 38.5 Å². The third-order valence-electron chi connectivity index (χ3n) is 2.41. The molecule has 0 N–H and O–H groups in total. The molecule has 2 heteroatoms. The molecule has 1 rings (SSSR count). The van der Waals surface area contributed by atoms with E-state index < -0.39 is 0 Å². The van der Waals surface area contributed by atoms with E-state index in [0.29, 0.717) is 6.10 Å². The zero-order valence-corrected chi connectivity index (χ0v) is 9.34. The zero-order chi connectivity index (χ0) is 8.10. The minimum absolute atomic E-state index is 0.583. The Hall–Kier alpha value is 0.690. The Morgan fingerprint density at radius 2 is 1.91 bits per heavy atom. The first kappa shape index (κ1) is 9.78. The number of rotatable bonds is 3. The van der Waals surface area contributed by atoms with E-state index in [-0.39, 0.29) is 0 Å². The Kier molecular flexibility index (Phi) is 4.76. The van der Waals surface area contributed by atoms with Crippen molar-refractivity contribution in [1.82, 2.24) is 0 Å². The Bertz CT molecular complexity index is 97.7. The van der Waals surface area contributed by atoms with Gasteiger partial charge >= 0.3 is 0 Å². The summed E-state index contributed by atoms with van der Waals surface area (Å²) in [6.45, 7) is 2.98. The minimum atomic E-state index is 0.583. The minimum Gasteiger partial charge on any atom is -0.379 e. The lowest BCUT2D eigenvalue weighted by atomic mass is 9.89. The van der Waals surface area contributed by atoms with Gasteiger partial charge in [-0.15, -0.1) is 0 Å². The summed E-state index contributed by atoms with van der Waals surface area (Å²) in [7, 11) is 0. The van der Waals surface area contributed by atoms with Crippen LogP contribution >= 0.6 is 22.6 Å². The van der Waals surface area contributed by atoms with Crippen molar-refractivity contribution in [3.63, 3.8) is 0 Å². The van der Waals surface area contributed by atoms with Gasteiger partial charge in [-0.2, -0.15) is 0 Å². The summed E-state index contributed by atoms with van der Waals surface area (Å²) >= 11 is 2.49. The summed E-state index contributed by atoms with van der Waals surface area (Å²) in [6, 6.07) is 0. The third kappa shape index (κ3) is 3.28. The summed E-state index contributed by atoms with van der Waals surface area (Å²) in [4.78, 5) is 0. The molecule has 0 aliphatic heterocycles. The zero-order valence-electron chi connectivity index (χ0n) is 7.18. The summed E-state index contributed by atoms with van der Waals surface area (Å²) in [6.07, 6.45) is 5.93. The molecule has 0 radical (unpaired) electrons. The molecule has 0 aromatic rings. The molecule has 0 saturated heterocycles. The van der Waals surface area contributed by atoms with Gasteiger partial charge in [0.05, 0.1) is 6.10 Å². The van der Waals surface area contributed by atoms with Crippen LogP contribution in [0.2, 0.25) is 0 Å². The van der Waals surface area contributed by atoms with Gasteiger partial charge in [0.2, 0.25) is 0 Å². The van der Waals surface area contributed by atoms with Crippen LogP contribution in [0.15, 0.2) is 0 Å². The molecule has 0 aromatic carbocycles. The van der Waals surface area contributed by atoms with Gasteiger partial charge in [0, 0.05) is 11.0 Å². The summed E-state index contributed by atoms with van der Waals surface area (Å²) in [5.41, 5.74) is 0. The van der Waals surface area contributed by atoms with E-state index in [2.05, 4.69) is 29.5 Å². The van der Waals surface area contributed by atoms with E-state index in [0.717, 1.165) is 12.5 Å². The van der Waals surface area contributed by atoms with E-state index in [1.54, 1.807) is 0 Å². The average Bonchev–Trinajstić information content (AvgIpc) is 2.07. The molecule has 0 heterocycles. The van der Waals surface area contributed by atoms with E-state index in [4.69, 9.17) is 4.74 Å². The first-order valence-electron chi connectivity index (χ1n) is 4.54. The molecular formula is C9H17IO. The smallest absolute Gasteiger partial charge is 0.0575 e. The first-order chi connectivity index (χ1) is 5.36. The second-order valence-corrected chi connectivity index (χ2v) is 4.13. The Morgan fingerprint density at radius 1 is 1.27 bits per heavy atom. The predicted octanol–water partition coefficient (Wildman–Crippen LogP) is 3.02. The lowest BCUT2D eigenvalue weighted by molar-refractivity contribution is 0.0284. The van der Waals surface area contributed by atoms with E-state index >= 15 is 0 Å². The van der Waals surface area contributed by atoms with Gasteiger partial charge in [-0.1, -0.05) is 22.6 Å². The van der Waals surface area contributed by atoms with Crippen LogP contribution in [-0.2, 0) is 4.74 Å². The predicted molar refractivity (Wildman–Crippen MR) is 56.3 cm³/mol. The Balaban J connectivity index is 2.14. The maximum Gasteiger partial charge on any atom is 0.0575 e. The van der Waals surface area contributed by atoms with Crippen molar-refractivity contribution >= 4 is 22.6 Å². The van der Waals surface area contributed by atoms with Crippen LogP contribution in [0.25, 0.3) is 0 Å². The fourth-order valence-corrected chi connectivity index (χ4v) is 2.57. The third-order valence-corrected chi connectivity index (χ3v) is 3.66. The maximum absolute atomic E-state index is 5.57. The summed E-state index contributed by atoms with van der Waals surface area (Å²) < 4.78 is 6.90. The molecule has 0 aromatic heterocycles. The maximum atomic E-state index is 5.57. The molecule has 66 valence electrons. The highest BCUT2D eigenvalue weighted by Gasteiger charge is 2.19.